The van der Waals surface area contributed by atoms with Crippen LogP contribution in [0.2, 0.25) is 0 Å². The van der Waals surface area contributed by atoms with Crippen LogP contribution in [0, 0.1) is 0 Å². The second kappa shape index (κ2) is 7.99. The summed E-state index contributed by atoms with van der Waals surface area (Å²) in [5, 5.41) is 7.50. The Labute approximate surface area is 150 Å². The molecule has 0 amide bonds. The van der Waals surface area contributed by atoms with Crippen molar-refractivity contribution in [2.75, 3.05) is 19.0 Å². The summed E-state index contributed by atoms with van der Waals surface area (Å²) in [6.45, 7) is 4.92. The minimum absolute atomic E-state index is 0.451. The van der Waals surface area contributed by atoms with Gasteiger partial charge in [0.15, 0.2) is 5.11 Å². The first-order chi connectivity index (χ1) is 11.7. The van der Waals surface area contributed by atoms with Gasteiger partial charge >= 0.3 is 0 Å². The summed E-state index contributed by atoms with van der Waals surface area (Å²) in [6, 6.07) is 9.61. The second-order valence-corrected chi connectivity index (χ2v) is 7.13. The van der Waals surface area contributed by atoms with E-state index in [1.807, 2.05) is 30.3 Å². The Bertz CT molecular complexity index is 578. The highest BCUT2D eigenvalue weighted by molar-refractivity contribution is 7.80. The van der Waals surface area contributed by atoms with E-state index < -0.39 is 0 Å². The second-order valence-electron chi connectivity index (χ2n) is 6.72. The Morgan fingerprint density at radius 1 is 1.38 bits per heavy atom. The summed E-state index contributed by atoms with van der Waals surface area (Å²) in [6.07, 6.45) is 8.28. The first-order valence-corrected chi connectivity index (χ1v) is 9.18. The topological polar surface area (TPSA) is 36.5 Å². The molecule has 3 rings (SSSR count). The average molecular weight is 346 g/mol. The van der Waals surface area contributed by atoms with Gasteiger partial charge in [-0.15, -0.1) is 6.58 Å². The summed E-state index contributed by atoms with van der Waals surface area (Å²) >= 11 is 5.52. The number of thiocarbonyl (C=S) groups is 1. The Morgan fingerprint density at radius 2 is 2.12 bits per heavy atom. The third kappa shape index (κ3) is 4.08. The highest BCUT2D eigenvalue weighted by Gasteiger charge is 2.37. The number of nitrogens with one attached hydrogen (secondary N) is 2. The summed E-state index contributed by atoms with van der Waals surface area (Å²) < 4.78 is 5.25. The van der Waals surface area contributed by atoms with Crippen LogP contribution in [0.15, 0.2) is 36.9 Å². The fourth-order valence-corrected chi connectivity index (χ4v) is 4.38. The van der Waals surface area contributed by atoms with Crippen LogP contribution >= 0.6 is 12.2 Å². The maximum atomic E-state index is 5.52. The lowest BCUT2D eigenvalue weighted by Gasteiger charge is -2.48. The Kier molecular flexibility index (Phi) is 5.74. The fraction of sp³-hybridized carbons (Fsp3) is 0.526. The summed E-state index contributed by atoms with van der Waals surface area (Å²) in [5.41, 5.74) is 0.955. The molecular weight excluding hydrogens is 318 g/mol. The molecule has 2 bridgehead atoms. The number of hydrogen-bond acceptors (Lipinski definition) is 3. The molecule has 0 aromatic heterocycles. The van der Waals surface area contributed by atoms with E-state index in [1.165, 1.54) is 19.3 Å². The molecule has 4 nitrogen and oxygen atoms in total. The van der Waals surface area contributed by atoms with Gasteiger partial charge in [-0.05, 0) is 50.0 Å². The predicted octanol–water partition coefficient (Wildman–Crippen LogP) is 3.55. The molecule has 5 heteroatoms. The molecule has 2 aliphatic heterocycles. The van der Waals surface area contributed by atoms with E-state index in [4.69, 9.17) is 17.0 Å². The first-order valence-electron chi connectivity index (χ1n) is 8.78. The normalized spacial score (nSPS) is 26.5. The molecule has 0 saturated carbocycles. The smallest absolute Gasteiger partial charge is 0.170 e. The number of methoxy groups -OCH3 is 1. The maximum Gasteiger partial charge on any atom is 0.170 e. The van der Waals surface area contributed by atoms with E-state index in [1.54, 1.807) is 7.11 Å². The van der Waals surface area contributed by atoms with Gasteiger partial charge in [-0.3, -0.25) is 4.90 Å². The Morgan fingerprint density at radius 3 is 2.79 bits per heavy atom. The van der Waals surface area contributed by atoms with Gasteiger partial charge in [0.25, 0.3) is 0 Å². The van der Waals surface area contributed by atoms with Gasteiger partial charge in [0.05, 0.1) is 7.11 Å². The van der Waals surface area contributed by atoms with Crippen molar-refractivity contribution in [3.8, 4) is 5.75 Å². The van der Waals surface area contributed by atoms with Crippen LogP contribution in [0.25, 0.3) is 0 Å². The standard InChI is InChI=1S/C19H27N3OS/c1-3-10-22-16-7-5-8-17(22)12-15(11-16)21-19(24)20-14-6-4-9-18(13-14)23-2/h3-4,6,9,13,15-17H,1,5,7-8,10-12H2,2H3,(H2,20,21,24)/t16-,17-/m0/s1. The van der Waals surface area contributed by atoms with Crippen molar-refractivity contribution >= 4 is 23.0 Å². The SMILES string of the molecule is C=CCN1[C@H]2CCC[C@H]1CC(NC(=S)Nc1cccc(OC)c1)C2. The van der Waals surface area contributed by atoms with E-state index >= 15 is 0 Å². The largest absolute Gasteiger partial charge is 0.497 e. The molecule has 24 heavy (non-hydrogen) atoms. The summed E-state index contributed by atoms with van der Waals surface area (Å²) in [5.74, 6) is 0.829. The van der Waals surface area contributed by atoms with Gasteiger partial charge in [-0.2, -0.15) is 0 Å². The monoisotopic (exact) mass is 345 g/mol. The van der Waals surface area contributed by atoms with Crippen molar-refractivity contribution in [1.82, 2.24) is 10.2 Å². The maximum absolute atomic E-state index is 5.52. The van der Waals surface area contributed by atoms with Crippen LogP contribution in [0.3, 0.4) is 0 Å². The molecule has 2 fully saturated rings. The van der Waals surface area contributed by atoms with Crippen molar-refractivity contribution in [1.29, 1.82) is 0 Å². The number of ether oxygens (including phenoxy) is 1. The van der Waals surface area contributed by atoms with Gasteiger partial charge < -0.3 is 15.4 Å². The number of benzene rings is 1. The molecule has 0 radical (unpaired) electrons. The highest BCUT2D eigenvalue weighted by atomic mass is 32.1. The molecule has 2 atom stereocenters. The number of rotatable bonds is 5. The lowest BCUT2D eigenvalue weighted by atomic mass is 9.82. The molecule has 0 unspecified atom stereocenters. The highest BCUT2D eigenvalue weighted by Crippen LogP contribution is 2.33. The average Bonchev–Trinajstić information content (AvgIpc) is 2.56. The van der Waals surface area contributed by atoms with Crippen molar-refractivity contribution in [3.05, 3.63) is 36.9 Å². The zero-order valence-corrected chi connectivity index (χ0v) is 15.1. The van der Waals surface area contributed by atoms with Crippen LogP contribution in [0.4, 0.5) is 5.69 Å². The quantitative estimate of drug-likeness (QED) is 0.630. The molecule has 0 aliphatic carbocycles. The fourth-order valence-electron chi connectivity index (χ4n) is 4.10. The molecule has 1 aromatic rings. The van der Waals surface area contributed by atoms with Gasteiger partial charge in [0.1, 0.15) is 5.75 Å². The van der Waals surface area contributed by atoms with Crippen LogP contribution < -0.4 is 15.4 Å². The first kappa shape index (κ1) is 17.2. The summed E-state index contributed by atoms with van der Waals surface area (Å²) in [7, 11) is 1.67. The van der Waals surface area contributed by atoms with Crippen LogP contribution in [-0.4, -0.2) is 41.8 Å². The third-order valence-electron chi connectivity index (χ3n) is 5.13. The van der Waals surface area contributed by atoms with E-state index in [-0.39, 0.29) is 0 Å². The lowest BCUT2D eigenvalue weighted by molar-refractivity contribution is 0.0389. The summed E-state index contributed by atoms with van der Waals surface area (Å²) in [4.78, 5) is 2.63. The predicted molar refractivity (Wildman–Crippen MR) is 104 cm³/mol. The van der Waals surface area contributed by atoms with Gasteiger partial charge in [0, 0.05) is 36.4 Å². The molecule has 2 N–H and O–H groups in total. The molecule has 1 aromatic carbocycles. The Hall–Kier alpha value is -1.59. The van der Waals surface area contributed by atoms with Crippen molar-refractivity contribution in [2.45, 2.75) is 50.2 Å². The number of nitrogens with zero attached hydrogens (tertiary/aromatic N) is 1. The molecule has 2 aliphatic rings. The zero-order valence-electron chi connectivity index (χ0n) is 14.3. The molecule has 0 spiro atoms. The zero-order chi connectivity index (χ0) is 16.9. The third-order valence-corrected chi connectivity index (χ3v) is 5.35. The molecule has 130 valence electrons. The van der Waals surface area contributed by atoms with Crippen molar-refractivity contribution in [3.63, 3.8) is 0 Å². The van der Waals surface area contributed by atoms with Crippen LogP contribution in [0.5, 0.6) is 5.75 Å². The van der Waals surface area contributed by atoms with E-state index in [0.29, 0.717) is 23.2 Å². The lowest BCUT2D eigenvalue weighted by Crippen LogP contribution is -2.57. The van der Waals surface area contributed by atoms with Crippen molar-refractivity contribution in [2.24, 2.45) is 0 Å². The number of fused-ring (bicyclic) bond motifs is 2. The van der Waals surface area contributed by atoms with E-state index in [2.05, 4.69) is 22.1 Å². The van der Waals surface area contributed by atoms with Crippen molar-refractivity contribution < 1.29 is 4.74 Å². The van der Waals surface area contributed by atoms with Gasteiger partial charge in [-0.1, -0.05) is 18.6 Å². The van der Waals surface area contributed by atoms with Gasteiger partial charge in [-0.25, -0.2) is 0 Å². The van der Waals surface area contributed by atoms with Crippen LogP contribution in [0.1, 0.15) is 32.1 Å². The van der Waals surface area contributed by atoms with E-state index in [0.717, 1.165) is 30.8 Å². The minimum atomic E-state index is 0.451. The number of piperidine rings is 2. The molecule has 2 heterocycles. The number of anilines is 1. The van der Waals surface area contributed by atoms with Crippen LogP contribution in [-0.2, 0) is 0 Å². The van der Waals surface area contributed by atoms with E-state index in [9.17, 15) is 0 Å². The number of hydrogen-bond donors (Lipinski definition) is 2. The minimum Gasteiger partial charge on any atom is -0.497 e. The Balaban J connectivity index is 1.56. The van der Waals surface area contributed by atoms with Gasteiger partial charge in [0.2, 0.25) is 0 Å². The molecule has 2 saturated heterocycles. The molecular formula is C19H27N3OS.